The standard InChI is InChI=1S/C14H14N4/c1-9-12(10-5-3-2-4-6-10)18-13-11(17-9)7-8-16-14(13)15/h2-9,17H,1H3,(H2,15,16)/t9-/m1/s1. The average molecular weight is 238 g/mol. The van der Waals surface area contributed by atoms with Crippen LogP contribution >= 0.6 is 0 Å². The lowest BCUT2D eigenvalue weighted by atomic mass is 10.0. The van der Waals surface area contributed by atoms with Crippen molar-refractivity contribution >= 4 is 22.9 Å². The molecule has 0 saturated heterocycles. The van der Waals surface area contributed by atoms with Crippen LogP contribution in [-0.4, -0.2) is 16.7 Å². The number of nitrogens with two attached hydrogens (primary N) is 1. The van der Waals surface area contributed by atoms with Crippen LogP contribution in [0.2, 0.25) is 0 Å². The summed E-state index contributed by atoms with van der Waals surface area (Å²) in [5.41, 5.74) is 9.63. The van der Waals surface area contributed by atoms with E-state index in [1.165, 1.54) is 0 Å². The molecule has 0 unspecified atom stereocenters. The fraction of sp³-hybridized carbons (Fsp3) is 0.143. The maximum atomic E-state index is 5.87. The number of nitrogens with one attached hydrogen (secondary N) is 1. The first-order chi connectivity index (χ1) is 8.75. The predicted octanol–water partition coefficient (Wildman–Crippen LogP) is 2.60. The van der Waals surface area contributed by atoms with Crippen LogP contribution in [-0.2, 0) is 0 Å². The van der Waals surface area contributed by atoms with E-state index in [1.54, 1.807) is 6.20 Å². The largest absolute Gasteiger partial charge is 0.382 e. The van der Waals surface area contributed by atoms with Gasteiger partial charge in [0.25, 0.3) is 0 Å². The topological polar surface area (TPSA) is 63.3 Å². The van der Waals surface area contributed by atoms with Crippen molar-refractivity contribution in [1.29, 1.82) is 0 Å². The number of aliphatic imine (C=N–C) groups is 1. The van der Waals surface area contributed by atoms with Crippen LogP contribution in [0.4, 0.5) is 17.2 Å². The first kappa shape index (κ1) is 10.8. The van der Waals surface area contributed by atoms with Crippen molar-refractivity contribution in [3.8, 4) is 0 Å². The van der Waals surface area contributed by atoms with Crippen LogP contribution in [0.1, 0.15) is 12.5 Å². The molecule has 4 heteroatoms. The zero-order valence-electron chi connectivity index (χ0n) is 10.1. The Morgan fingerprint density at radius 3 is 2.72 bits per heavy atom. The van der Waals surface area contributed by atoms with E-state index in [4.69, 9.17) is 5.73 Å². The molecule has 1 atom stereocenters. The van der Waals surface area contributed by atoms with Crippen molar-refractivity contribution in [2.45, 2.75) is 13.0 Å². The highest BCUT2D eigenvalue weighted by molar-refractivity contribution is 6.10. The molecule has 0 fully saturated rings. The molecule has 4 nitrogen and oxygen atoms in total. The van der Waals surface area contributed by atoms with E-state index in [1.807, 2.05) is 24.3 Å². The lowest BCUT2D eigenvalue weighted by Gasteiger charge is -2.24. The lowest BCUT2D eigenvalue weighted by molar-refractivity contribution is 1.02. The highest BCUT2D eigenvalue weighted by Crippen LogP contribution is 2.34. The normalized spacial score (nSPS) is 17.6. The van der Waals surface area contributed by atoms with Gasteiger partial charge in [-0.15, -0.1) is 0 Å². The molecule has 1 aliphatic rings. The van der Waals surface area contributed by atoms with Gasteiger partial charge in [-0.2, -0.15) is 0 Å². The van der Waals surface area contributed by atoms with Crippen molar-refractivity contribution in [3.63, 3.8) is 0 Å². The zero-order valence-corrected chi connectivity index (χ0v) is 10.1. The molecule has 0 spiro atoms. The Morgan fingerprint density at radius 1 is 1.17 bits per heavy atom. The van der Waals surface area contributed by atoms with Crippen LogP contribution in [0.15, 0.2) is 47.6 Å². The molecule has 2 aromatic rings. The number of pyridine rings is 1. The maximum Gasteiger partial charge on any atom is 0.151 e. The molecular formula is C14H14N4. The number of fused-ring (bicyclic) bond motifs is 1. The second-order valence-corrected chi connectivity index (χ2v) is 4.32. The Labute approximate surface area is 106 Å². The number of aromatic nitrogens is 1. The van der Waals surface area contributed by atoms with Gasteiger partial charge in [0, 0.05) is 6.20 Å². The van der Waals surface area contributed by atoms with E-state index in [-0.39, 0.29) is 6.04 Å². The van der Waals surface area contributed by atoms with Gasteiger partial charge in [0.05, 0.1) is 17.4 Å². The Morgan fingerprint density at radius 2 is 1.94 bits per heavy atom. The molecule has 1 aromatic carbocycles. The highest BCUT2D eigenvalue weighted by Gasteiger charge is 2.21. The minimum atomic E-state index is 0.154. The van der Waals surface area contributed by atoms with Gasteiger partial charge >= 0.3 is 0 Å². The number of hydrogen-bond donors (Lipinski definition) is 2. The van der Waals surface area contributed by atoms with Crippen molar-refractivity contribution in [2.24, 2.45) is 4.99 Å². The second kappa shape index (κ2) is 4.14. The molecule has 0 amide bonds. The molecule has 3 N–H and O–H groups in total. The number of nitrogen functional groups attached to an aromatic ring is 1. The van der Waals surface area contributed by atoms with E-state index in [2.05, 4.69) is 34.3 Å². The quantitative estimate of drug-likeness (QED) is 0.802. The van der Waals surface area contributed by atoms with Gasteiger partial charge in [0.15, 0.2) is 5.82 Å². The van der Waals surface area contributed by atoms with Gasteiger partial charge in [0.2, 0.25) is 0 Å². The Hall–Kier alpha value is -2.36. The Bertz CT molecular complexity index is 604. The lowest BCUT2D eigenvalue weighted by Crippen LogP contribution is -2.29. The summed E-state index contributed by atoms with van der Waals surface area (Å²) in [5, 5.41) is 3.40. The average Bonchev–Trinajstić information content (AvgIpc) is 2.39. The summed E-state index contributed by atoms with van der Waals surface area (Å²) < 4.78 is 0. The van der Waals surface area contributed by atoms with Crippen molar-refractivity contribution in [1.82, 2.24) is 4.98 Å². The fourth-order valence-corrected chi connectivity index (χ4v) is 2.15. The maximum absolute atomic E-state index is 5.87. The fourth-order valence-electron chi connectivity index (χ4n) is 2.15. The molecule has 1 aromatic heterocycles. The minimum absolute atomic E-state index is 0.154. The summed E-state index contributed by atoms with van der Waals surface area (Å²) in [6.45, 7) is 2.09. The van der Waals surface area contributed by atoms with Gasteiger partial charge in [-0.05, 0) is 18.6 Å². The van der Waals surface area contributed by atoms with E-state index < -0.39 is 0 Å². The first-order valence-electron chi connectivity index (χ1n) is 5.91. The summed E-state index contributed by atoms with van der Waals surface area (Å²) in [4.78, 5) is 8.74. The van der Waals surface area contributed by atoms with Crippen molar-refractivity contribution < 1.29 is 0 Å². The summed E-state index contributed by atoms with van der Waals surface area (Å²) in [7, 11) is 0. The summed E-state index contributed by atoms with van der Waals surface area (Å²) >= 11 is 0. The predicted molar refractivity (Wildman–Crippen MR) is 74.4 cm³/mol. The molecule has 0 radical (unpaired) electrons. The van der Waals surface area contributed by atoms with Gasteiger partial charge in [-0.3, -0.25) is 0 Å². The SMILES string of the molecule is C[C@H]1Nc2ccnc(N)c2N=C1c1ccccc1. The van der Waals surface area contributed by atoms with Gasteiger partial charge in [-0.1, -0.05) is 30.3 Å². The van der Waals surface area contributed by atoms with Crippen molar-refractivity contribution in [3.05, 3.63) is 48.2 Å². The molecule has 18 heavy (non-hydrogen) atoms. The zero-order chi connectivity index (χ0) is 12.5. The van der Waals surface area contributed by atoms with E-state index in [0.29, 0.717) is 5.82 Å². The van der Waals surface area contributed by atoms with Crippen molar-refractivity contribution in [2.75, 3.05) is 11.1 Å². The van der Waals surface area contributed by atoms with Crippen LogP contribution in [0.3, 0.4) is 0 Å². The molecule has 3 rings (SSSR count). The summed E-state index contributed by atoms with van der Waals surface area (Å²) in [6.07, 6.45) is 1.69. The molecular weight excluding hydrogens is 224 g/mol. The van der Waals surface area contributed by atoms with E-state index >= 15 is 0 Å². The summed E-state index contributed by atoms with van der Waals surface area (Å²) in [5.74, 6) is 0.459. The van der Waals surface area contributed by atoms with E-state index in [9.17, 15) is 0 Å². The van der Waals surface area contributed by atoms with Gasteiger partial charge < -0.3 is 11.1 Å². The number of anilines is 2. The van der Waals surface area contributed by atoms with Crippen LogP contribution in [0, 0.1) is 0 Å². The monoisotopic (exact) mass is 238 g/mol. The Balaban J connectivity index is 2.14. The summed E-state index contributed by atoms with van der Waals surface area (Å²) in [6, 6.07) is 12.2. The van der Waals surface area contributed by atoms with Gasteiger partial charge in [-0.25, -0.2) is 9.98 Å². The number of benzene rings is 1. The van der Waals surface area contributed by atoms with Crippen LogP contribution in [0.25, 0.3) is 0 Å². The molecule has 90 valence electrons. The Kier molecular flexibility index (Phi) is 2.48. The number of rotatable bonds is 1. The molecule has 0 saturated carbocycles. The molecule has 1 aliphatic heterocycles. The third-order valence-electron chi connectivity index (χ3n) is 3.04. The van der Waals surface area contributed by atoms with Gasteiger partial charge in [0.1, 0.15) is 5.69 Å². The number of nitrogens with zero attached hydrogens (tertiary/aromatic N) is 2. The first-order valence-corrected chi connectivity index (χ1v) is 5.91. The molecule has 0 aliphatic carbocycles. The minimum Gasteiger partial charge on any atom is -0.382 e. The molecule has 0 bridgehead atoms. The number of hydrogen-bond acceptors (Lipinski definition) is 4. The molecule has 2 heterocycles. The third-order valence-corrected chi connectivity index (χ3v) is 3.04. The van der Waals surface area contributed by atoms with E-state index in [0.717, 1.165) is 22.6 Å². The van der Waals surface area contributed by atoms with Crippen LogP contribution in [0.5, 0.6) is 0 Å². The van der Waals surface area contributed by atoms with Crippen LogP contribution < -0.4 is 11.1 Å². The third kappa shape index (κ3) is 1.72. The highest BCUT2D eigenvalue weighted by atomic mass is 15.0. The smallest absolute Gasteiger partial charge is 0.151 e. The second-order valence-electron chi connectivity index (χ2n) is 4.32.